The van der Waals surface area contributed by atoms with Crippen LogP contribution in [-0.2, 0) is 6.54 Å². The van der Waals surface area contributed by atoms with E-state index in [2.05, 4.69) is 35.7 Å². The molecule has 1 aromatic carbocycles. The van der Waals surface area contributed by atoms with Crippen LogP contribution in [-0.4, -0.2) is 41.9 Å². The maximum absolute atomic E-state index is 12.6. The highest BCUT2D eigenvalue weighted by Crippen LogP contribution is 2.39. The van der Waals surface area contributed by atoms with Gasteiger partial charge in [0, 0.05) is 31.6 Å². The van der Waals surface area contributed by atoms with Crippen LogP contribution >= 0.6 is 0 Å². The second-order valence-electron chi connectivity index (χ2n) is 7.72. The van der Waals surface area contributed by atoms with Crippen LogP contribution in [0.2, 0.25) is 0 Å². The predicted molar refractivity (Wildman–Crippen MR) is 103 cm³/mol. The fourth-order valence-corrected chi connectivity index (χ4v) is 4.52. The Hall–Kier alpha value is -2.33. The molecule has 1 amide bonds. The lowest BCUT2D eigenvalue weighted by atomic mass is 9.79. The van der Waals surface area contributed by atoms with Crippen molar-refractivity contribution < 1.29 is 9.21 Å². The normalized spacial score (nSPS) is 23.5. The number of carbonyl (C=O) groups is 1. The lowest BCUT2D eigenvalue weighted by Crippen LogP contribution is -2.45. The van der Waals surface area contributed by atoms with Gasteiger partial charge in [0.25, 0.3) is 5.91 Å². The highest BCUT2D eigenvalue weighted by molar-refractivity contribution is 5.91. The van der Waals surface area contributed by atoms with Gasteiger partial charge in [0.15, 0.2) is 5.76 Å². The van der Waals surface area contributed by atoms with Crippen LogP contribution in [0.3, 0.4) is 0 Å². The van der Waals surface area contributed by atoms with E-state index in [1.165, 1.54) is 24.0 Å². The monoisotopic (exact) mass is 350 g/mol. The molecular formula is C22H26N2O2. The fourth-order valence-electron chi connectivity index (χ4n) is 4.52. The van der Waals surface area contributed by atoms with Gasteiger partial charge in [0.2, 0.25) is 0 Å². The van der Waals surface area contributed by atoms with Gasteiger partial charge < -0.3 is 9.32 Å². The molecule has 2 aliphatic heterocycles. The number of piperidine rings is 1. The van der Waals surface area contributed by atoms with Crippen molar-refractivity contribution in [2.75, 3.05) is 26.2 Å². The lowest BCUT2D eigenvalue weighted by molar-refractivity contribution is 0.0651. The minimum Gasteiger partial charge on any atom is -0.459 e. The third kappa shape index (κ3) is 3.47. The molecule has 3 heterocycles. The van der Waals surface area contributed by atoms with Crippen LogP contribution in [0.4, 0.5) is 0 Å². The molecule has 0 bridgehead atoms. The van der Waals surface area contributed by atoms with E-state index < -0.39 is 0 Å². The maximum Gasteiger partial charge on any atom is 0.289 e. The molecule has 2 aromatic rings. The van der Waals surface area contributed by atoms with Gasteiger partial charge in [-0.05, 0) is 49.1 Å². The first kappa shape index (κ1) is 17.1. The van der Waals surface area contributed by atoms with Gasteiger partial charge in [-0.15, -0.1) is 0 Å². The van der Waals surface area contributed by atoms with E-state index in [-0.39, 0.29) is 11.3 Å². The molecule has 1 atom stereocenters. The third-order valence-electron chi connectivity index (χ3n) is 5.79. The van der Waals surface area contributed by atoms with E-state index in [4.69, 9.17) is 4.42 Å². The second kappa shape index (κ2) is 7.12. The van der Waals surface area contributed by atoms with E-state index in [9.17, 15) is 4.79 Å². The molecule has 1 spiro atoms. The van der Waals surface area contributed by atoms with Crippen LogP contribution in [0.15, 0.2) is 53.7 Å². The van der Waals surface area contributed by atoms with Crippen molar-refractivity contribution in [1.29, 1.82) is 0 Å². The van der Waals surface area contributed by atoms with Gasteiger partial charge >= 0.3 is 0 Å². The van der Waals surface area contributed by atoms with Crippen LogP contribution in [0.1, 0.15) is 40.9 Å². The molecule has 0 saturated carbocycles. The molecule has 0 radical (unpaired) electrons. The van der Waals surface area contributed by atoms with E-state index in [1.54, 1.807) is 18.4 Å². The van der Waals surface area contributed by atoms with Crippen molar-refractivity contribution in [3.63, 3.8) is 0 Å². The maximum atomic E-state index is 12.6. The number of furan rings is 1. The van der Waals surface area contributed by atoms with E-state index in [0.717, 1.165) is 39.1 Å². The van der Waals surface area contributed by atoms with Gasteiger partial charge in [0.1, 0.15) is 0 Å². The Kier molecular flexibility index (Phi) is 4.68. The van der Waals surface area contributed by atoms with Crippen molar-refractivity contribution in [3.05, 3.63) is 66.1 Å². The van der Waals surface area contributed by atoms with Gasteiger partial charge in [-0.25, -0.2) is 0 Å². The molecule has 26 heavy (non-hydrogen) atoms. The lowest BCUT2D eigenvalue weighted by Gasteiger charge is -2.40. The molecule has 2 saturated heterocycles. The summed E-state index contributed by atoms with van der Waals surface area (Å²) in [5.74, 6) is 0.485. The number of hydrogen-bond acceptors (Lipinski definition) is 3. The number of rotatable bonds is 4. The van der Waals surface area contributed by atoms with Crippen LogP contribution in [0.5, 0.6) is 0 Å². The zero-order chi connectivity index (χ0) is 18.0. The molecule has 2 aliphatic rings. The average molecular weight is 350 g/mol. The number of benzene rings is 1. The molecule has 0 aliphatic carbocycles. The Morgan fingerprint density at radius 3 is 2.92 bits per heavy atom. The topological polar surface area (TPSA) is 36.7 Å². The molecule has 4 nitrogen and oxygen atoms in total. The minimum atomic E-state index is 0.0303. The summed E-state index contributed by atoms with van der Waals surface area (Å²) in [6.07, 6.45) is 6.96. The summed E-state index contributed by atoms with van der Waals surface area (Å²) in [6.45, 7) is 8.70. The zero-order valence-corrected chi connectivity index (χ0v) is 15.2. The molecule has 4 heteroatoms. The first-order valence-corrected chi connectivity index (χ1v) is 9.44. The largest absolute Gasteiger partial charge is 0.459 e. The Morgan fingerprint density at radius 1 is 1.19 bits per heavy atom. The van der Waals surface area contributed by atoms with Gasteiger partial charge in [-0.2, -0.15) is 0 Å². The summed E-state index contributed by atoms with van der Waals surface area (Å²) >= 11 is 0. The summed E-state index contributed by atoms with van der Waals surface area (Å²) in [6, 6.07) is 12.1. The Bertz CT molecular complexity index is 783. The predicted octanol–water partition coefficient (Wildman–Crippen LogP) is 4.05. The van der Waals surface area contributed by atoms with Crippen LogP contribution < -0.4 is 0 Å². The number of amides is 1. The van der Waals surface area contributed by atoms with Gasteiger partial charge in [-0.1, -0.05) is 36.9 Å². The quantitative estimate of drug-likeness (QED) is 0.835. The smallest absolute Gasteiger partial charge is 0.289 e. The molecule has 0 unspecified atom stereocenters. The highest BCUT2D eigenvalue weighted by atomic mass is 16.3. The zero-order valence-electron chi connectivity index (χ0n) is 15.2. The number of hydrogen-bond donors (Lipinski definition) is 0. The average Bonchev–Trinajstić information content (AvgIpc) is 3.32. The number of carbonyl (C=O) groups excluding carboxylic acids is 1. The number of likely N-dealkylation sites (tertiary alicyclic amines) is 2. The molecule has 4 rings (SSSR count). The summed E-state index contributed by atoms with van der Waals surface area (Å²) in [5, 5.41) is 0. The van der Waals surface area contributed by atoms with E-state index >= 15 is 0 Å². The second-order valence-corrected chi connectivity index (χ2v) is 7.72. The van der Waals surface area contributed by atoms with E-state index in [0.29, 0.717) is 5.76 Å². The van der Waals surface area contributed by atoms with Crippen molar-refractivity contribution in [2.24, 2.45) is 5.41 Å². The highest BCUT2D eigenvalue weighted by Gasteiger charge is 2.43. The summed E-state index contributed by atoms with van der Waals surface area (Å²) in [5.41, 5.74) is 2.74. The Labute approximate surface area is 155 Å². The Morgan fingerprint density at radius 2 is 2.12 bits per heavy atom. The summed E-state index contributed by atoms with van der Waals surface area (Å²) < 4.78 is 5.30. The third-order valence-corrected chi connectivity index (χ3v) is 5.79. The number of nitrogens with zero attached hydrogens (tertiary/aromatic N) is 2. The van der Waals surface area contributed by atoms with Crippen molar-refractivity contribution in [3.8, 4) is 0 Å². The van der Waals surface area contributed by atoms with Crippen molar-refractivity contribution in [2.45, 2.75) is 25.8 Å². The SMILES string of the molecule is C=Cc1cccc(CN2CCC[C@@]3(CCN(C(=O)c4ccco4)C3)C2)c1. The summed E-state index contributed by atoms with van der Waals surface area (Å²) in [7, 11) is 0. The molecular weight excluding hydrogens is 324 g/mol. The molecule has 136 valence electrons. The Balaban J connectivity index is 1.41. The molecule has 1 aromatic heterocycles. The van der Waals surface area contributed by atoms with E-state index in [1.807, 2.05) is 11.0 Å². The van der Waals surface area contributed by atoms with Crippen LogP contribution in [0, 0.1) is 5.41 Å². The first-order chi connectivity index (χ1) is 12.7. The van der Waals surface area contributed by atoms with Crippen molar-refractivity contribution in [1.82, 2.24) is 9.80 Å². The minimum absolute atomic E-state index is 0.0303. The standard InChI is InChI=1S/C22H26N2O2/c1-2-18-6-3-7-19(14-18)15-23-11-5-9-22(16-23)10-12-24(17-22)21(25)20-8-4-13-26-20/h2-4,6-8,13-14H,1,5,9-12,15-17H2/t22-/m1/s1. The van der Waals surface area contributed by atoms with Gasteiger partial charge in [-0.3, -0.25) is 9.69 Å². The van der Waals surface area contributed by atoms with Crippen LogP contribution in [0.25, 0.3) is 6.08 Å². The fraction of sp³-hybridized carbons (Fsp3) is 0.409. The molecule has 0 N–H and O–H groups in total. The first-order valence-electron chi connectivity index (χ1n) is 9.44. The molecule has 2 fully saturated rings. The summed E-state index contributed by atoms with van der Waals surface area (Å²) in [4.78, 5) is 17.1. The van der Waals surface area contributed by atoms with Gasteiger partial charge in [0.05, 0.1) is 6.26 Å². The van der Waals surface area contributed by atoms with Crippen molar-refractivity contribution >= 4 is 12.0 Å².